The minimum atomic E-state index is 0.483. The maximum Gasteiger partial charge on any atom is 0.318 e. The van der Waals surface area contributed by atoms with Crippen molar-refractivity contribution < 1.29 is 4.74 Å². The molecule has 2 N–H and O–H groups in total. The van der Waals surface area contributed by atoms with Crippen molar-refractivity contribution in [3.05, 3.63) is 11.3 Å². The summed E-state index contributed by atoms with van der Waals surface area (Å²) >= 11 is 0. The van der Waals surface area contributed by atoms with Crippen LogP contribution in [-0.2, 0) is 13.0 Å². The highest BCUT2D eigenvalue weighted by Crippen LogP contribution is 2.27. The molecule has 18 heavy (non-hydrogen) atoms. The highest BCUT2D eigenvalue weighted by molar-refractivity contribution is 5.49. The van der Waals surface area contributed by atoms with Crippen LogP contribution in [-0.4, -0.2) is 29.7 Å². The summed E-state index contributed by atoms with van der Waals surface area (Å²) < 4.78 is 5.20. The van der Waals surface area contributed by atoms with Crippen molar-refractivity contribution in [2.45, 2.75) is 44.7 Å². The Morgan fingerprint density at radius 2 is 2.11 bits per heavy atom. The first-order valence-corrected chi connectivity index (χ1v) is 6.78. The van der Waals surface area contributed by atoms with Crippen molar-refractivity contribution >= 4 is 5.82 Å². The van der Waals surface area contributed by atoms with E-state index in [1.807, 2.05) is 0 Å². The Morgan fingerprint density at radius 3 is 2.89 bits per heavy atom. The molecule has 0 amide bonds. The van der Waals surface area contributed by atoms with Crippen molar-refractivity contribution in [1.82, 2.24) is 15.3 Å². The Hall–Kier alpha value is -1.36. The van der Waals surface area contributed by atoms with Gasteiger partial charge in [0.15, 0.2) is 0 Å². The second kappa shape index (κ2) is 5.10. The molecule has 1 saturated carbocycles. The van der Waals surface area contributed by atoms with Crippen LogP contribution in [0.15, 0.2) is 0 Å². The van der Waals surface area contributed by atoms with Gasteiger partial charge in [-0.1, -0.05) is 12.8 Å². The van der Waals surface area contributed by atoms with Crippen molar-refractivity contribution in [2.75, 3.05) is 19.0 Å². The van der Waals surface area contributed by atoms with Crippen LogP contribution in [0.5, 0.6) is 6.01 Å². The van der Waals surface area contributed by atoms with E-state index in [0.29, 0.717) is 12.1 Å². The molecule has 98 valence electrons. The molecule has 1 aromatic heterocycles. The average Bonchev–Trinajstić information content (AvgIpc) is 2.91. The second-order valence-electron chi connectivity index (χ2n) is 5.04. The summed E-state index contributed by atoms with van der Waals surface area (Å²) in [5.74, 6) is 0.968. The number of anilines is 1. The van der Waals surface area contributed by atoms with Crippen molar-refractivity contribution in [1.29, 1.82) is 0 Å². The Balaban J connectivity index is 1.89. The Morgan fingerprint density at radius 1 is 1.28 bits per heavy atom. The van der Waals surface area contributed by atoms with Gasteiger partial charge in [0.25, 0.3) is 0 Å². The number of nitrogens with zero attached hydrogens (tertiary/aromatic N) is 2. The third-order valence-corrected chi connectivity index (χ3v) is 3.79. The number of fused-ring (bicyclic) bond motifs is 1. The smallest absolute Gasteiger partial charge is 0.318 e. The summed E-state index contributed by atoms with van der Waals surface area (Å²) in [4.78, 5) is 8.94. The lowest BCUT2D eigenvalue weighted by Gasteiger charge is -2.22. The van der Waals surface area contributed by atoms with Gasteiger partial charge in [-0.2, -0.15) is 9.97 Å². The zero-order chi connectivity index (χ0) is 12.4. The molecule has 5 heteroatoms. The molecule has 0 saturated heterocycles. The average molecular weight is 248 g/mol. The third kappa shape index (κ3) is 2.27. The Labute approximate surface area is 107 Å². The Bertz CT molecular complexity index is 429. The fourth-order valence-electron chi connectivity index (χ4n) is 2.79. The zero-order valence-electron chi connectivity index (χ0n) is 10.8. The molecule has 1 fully saturated rings. The first kappa shape index (κ1) is 11.7. The summed E-state index contributed by atoms with van der Waals surface area (Å²) in [6.45, 7) is 1.84. The van der Waals surface area contributed by atoms with E-state index in [0.717, 1.165) is 31.0 Å². The quantitative estimate of drug-likeness (QED) is 0.848. The molecule has 0 bridgehead atoms. The number of rotatable bonds is 3. The minimum Gasteiger partial charge on any atom is -0.467 e. The lowest BCUT2D eigenvalue weighted by molar-refractivity contribution is 0.376. The summed E-state index contributed by atoms with van der Waals surface area (Å²) in [5.41, 5.74) is 2.34. The molecular weight excluding hydrogens is 228 g/mol. The van der Waals surface area contributed by atoms with Crippen LogP contribution in [0.25, 0.3) is 0 Å². The molecule has 5 nitrogen and oxygen atoms in total. The fraction of sp³-hybridized carbons (Fsp3) is 0.692. The van der Waals surface area contributed by atoms with E-state index in [9.17, 15) is 0 Å². The standard InChI is InChI=1S/C13H20N4O/c1-18-13-16-11-6-7-14-8-10(11)12(17-13)15-9-4-2-3-5-9/h9,14H,2-8H2,1H3,(H,15,16,17). The van der Waals surface area contributed by atoms with E-state index in [-0.39, 0.29) is 0 Å². The number of ether oxygens (including phenoxy) is 1. The van der Waals surface area contributed by atoms with Crippen LogP contribution >= 0.6 is 0 Å². The van der Waals surface area contributed by atoms with E-state index >= 15 is 0 Å². The molecule has 0 atom stereocenters. The van der Waals surface area contributed by atoms with Crippen LogP contribution in [0, 0.1) is 0 Å². The maximum absolute atomic E-state index is 5.20. The highest BCUT2D eigenvalue weighted by Gasteiger charge is 2.21. The molecular formula is C13H20N4O. The van der Waals surface area contributed by atoms with Gasteiger partial charge in [-0.25, -0.2) is 0 Å². The third-order valence-electron chi connectivity index (χ3n) is 3.79. The highest BCUT2D eigenvalue weighted by atomic mass is 16.5. The number of hydrogen-bond donors (Lipinski definition) is 2. The first-order valence-electron chi connectivity index (χ1n) is 6.78. The van der Waals surface area contributed by atoms with Crippen molar-refractivity contribution in [3.8, 4) is 6.01 Å². The van der Waals surface area contributed by atoms with Crippen molar-refractivity contribution in [3.63, 3.8) is 0 Å². The van der Waals surface area contributed by atoms with E-state index in [1.165, 1.54) is 31.2 Å². The van der Waals surface area contributed by atoms with Gasteiger partial charge in [-0.05, 0) is 12.8 Å². The number of hydrogen-bond acceptors (Lipinski definition) is 5. The van der Waals surface area contributed by atoms with Gasteiger partial charge in [0.1, 0.15) is 5.82 Å². The zero-order valence-corrected chi connectivity index (χ0v) is 10.8. The lowest BCUT2D eigenvalue weighted by Crippen LogP contribution is -2.28. The summed E-state index contributed by atoms with van der Waals surface area (Å²) in [6.07, 6.45) is 6.08. The first-order chi connectivity index (χ1) is 8.86. The lowest BCUT2D eigenvalue weighted by atomic mass is 10.1. The van der Waals surface area contributed by atoms with Crippen LogP contribution in [0.4, 0.5) is 5.82 Å². The van der Waals surface area contributed by atoms with Crippen LogP contribution in [0.1, 0.15) is 36.9 Å². The molecule has 0 aromatic carbocycles. The van der Waals surface area contributed by atoms with Crippen LogP contribution in [0.2, 0.25) is 0 Å². The summed E-state index contributed by atoms with van der Waals surface area (Å²) in [5, 5.41) is 6.96. The monoisotopic (exact) mass is 248 g/mol. The maximum atomic E-state index is 5.20. The SMILES string of the molecule is COc1nc2c(c(NC3CCCC3)n1)CNCC2. The van der Waals surface area contributed by atoms with E-state index < -0.39 is 0 Å². The molecule has 0 radical (unpaired) electrons. The minimum absolute atomic E-state index is 0.483. The number of nitrogens with one attached hydrogen (secondary N) is 2. The van der Waals surface area contributed by atoms with Gasteiger partial charge in [-0.15, -0.1) is 0 Å². The van der Waals surface area contributed by atoms with E-state index in [1.54, 1.807) is 7.11 Å². The normalized spacial score (nSPS) is 19.6. The topological polar surface area (TPSA) is 59.1 Å². The van der Waals surface area contributed by atoms with Crippen LogP contribution < -0.4 is 15.4 Å². The summed E-state index contributed by atoms with van der Waals surface area (Å²) in [7, 11) is 1.63. The van der Waals surface area contributed by atoms with Gasteiger partial charge in [-0.3, -0.25) is 0 Å². The molecule has 0 spiro atoms. The molecule has 1 aliphatic carbocycles. The molecule has 2 heterocycles. The molecule has 3 rings (SSSR count). The second-order valence-corrected chi connectivity index (χ2v) is 5.04. The van der Waals surface area contributed by atoms with E-state index in [4.69, 9.17) is 4.74 Å². The van der Waals surface area contributed by atoms with Gasteiger partial charge >= 0.3 is 6.01 Å². The van der Waals surface area contributed by atoms with Crippen LogP contribution in [0.3, 0.4) is 0 Å². The molecule has 1 aliphatic heterocycles. The van der Waals surface area contributed by atoms with Gasteiger partial charge in [0, 0.05) is 31.1 Å². The largest absolute Gasteiger partial charge is 0.467 e. The predicted octanol–water partition coefficient (Wildman–Crippen LogP) is 1.49. The van der Waals surface area contributed by atoms with E-state index in [2.05, 4.69) is 20.6 Å². The van der Waals surface area contributed by atoms with Gasteiger partial charge in [0.2, 0.25) is 0 Å². The molecule has 0 unspecified atom stereocenters. The Kier molecular flexibility index (Phi) is 3.32. The fourth-order valence-corrected chi connectivity index (χ4v) is 2.79. The van der Waals surface area contributed by atoms with Gasteiger partial charge in [0.05, 0.1) is 12.8 Å². The number of aromatic nitrogens is 2. The number of methoxy groups -OCH3 is 1. The molecule has 2 aliphatic rings. The molecule has 1 aromatic rings. The predicted molar refractivity (Wildman–Crippen MR) is 69.9 cm³/mol. The summed E-state index contributed by atoms with van der Waals surface area (Å²) in [6, 6.07) is 1.05. The van der Waals surface area contributed by atoms with Gasteiger partial charge < -0.3 is 15.4 Å². The van der Waals surface area contributed by atoms with Crippen molar-refractivity contribution in [2.24, 2.45) is 0 Å².